The zero-order valence-electron chi connectivity index (χ0n) is 6.23. The molecule has 0 fully saturated rings. The van der Waals surface area contributed by atoms with Crippen molar-refractivity contribution in [1.82, 2.24) is 0 Å². The van der Waals surface area contributed by atoms with Crippen LogP contribution in [0.5, 0.6) is 0 Å². The van der Waals surface area contributed by atoms with E-state index in [1.807, 2.05) is 0 Å². The summed E-state index contributed by atoms with van der Waals surface area (Å²) in [4.78, 5) is 20.6. The van der Waals surface area contributed by atoms with Gasteiger partial charge in [-0.05, 0) is 11.2 Å². The van der Waals surface area contributed by atoms with Crippen LogP contribution in [0.15, 0.2) is 23.4 Å². The fourth-order valence-corrected chi connectivity index (χ4v) is 0.945. The van der Waals surface area contributed by atoms with Crippen molar-refractivity contribution in [1.29, 1.82) is 0 Å². The number of nitrogens with zero attached hydrogens (tertiary/aromatic N) is 1. The number of aldehydes is 1. The molecule has 12 heavy (non-hydrogen) atoms. The van der Waals surface area contributed by atoms with Crippen molar-refractivity contribution in [3.8, 4) is 0 Å². The molecule has 0 aliphatic rings. The number of hydrogen-bond acceptors (Lipinski definition) is 4. The van der Waals surface area contributed by atoms with Crippen LogP contribution in [-0.2, 0) is 6.61 Å². The zero-order valence-corrected chi connectivity index (χ0v) is 6.23. The van der Waals surface area contributed by atoms with E-state index in [1.54, 1.807) is 12.1 Å². The molecule has 62 valence electrons. The fourth-order valence-electron chi connectivity index (χ4n) is 0.945. The third-order valence-electron chi connectivity index (χ3n) is 1.54. The second-order valence-corrected chi connectivity index (χ2v) is 2.22. The van der Waals surface area contributed by atoms with Crippen LogP contribution in [0.3, 0.4) is 0 Å². The van der Waals surface area contributed by atoms with Crippen LogP contribution in [0.4, 0.5) is 5.69 Å². The Balaban J connectivity index is 3.31. The lowest BCUT2D eigenvalue weighted by molar-refractivity contribution is 0.112. The molecule has 4 heteroatoms. The first kappa shape index (κ1) is 8.55. The third kappa shape index (κ3) is 1.38. The number of carbonyl (C=O) groups is 1. The average molecular weight is 165 g/mol. The predicted molar refractivity (Wildman–Crippen MR) is 43.2 cm³/mol. The molecule has 0 bridgehead atoms. The average Bonchev–Trinajstić information content (AvgIpc) is 2.16. The molecule has 1 aromatic carbocycles. The maximum absolute atomic E-state index is 10.4. The highest BCUT2D eigenvalue weighted by molar-refractivity contribution is 5.84. The van der Waals surface area contributed by atoms with Gasteiger partial charge in [-0.15, -0.1) is 4.91 Å². The molecule has 0 saturated carbocycles. The Bertz CT molecular complexity index is 309. The topological polar surface area (TPSA) is 66.7 Å². The van der Waals surface area contributed by atoms with Crippen molar-refractivity contribution in [3.63, 3.8) is 0 Å². The van der Waals surface area contributed by atoms with Crippen molar-refractivity contribution in [2.75, 3.05) is 0 Å². The van der Waals surface area contributed by atoms with Crippen molar-refractivity contribution in [2.24, 2.45) is 5.18 Å². The summed E-state index contributed by atoms with van der Waals surface area (Å²) in [6.45, 7) is -0.289. The van der Waals surface area contributed by atoms with E-state index in [9.17, 15) is 9.70 Å². The SMILES string of the molecule is O=Cc1cccc(CO)c1N=O. The van der Waals surface area contributed by atoms with Gasteiger partial charge >= 0.3 is 0 Å². The molecule has 4 nitrogen and oxygen atoms in total. The van der Waals surface area contributed by atoms with Gasteiger partial charge in [0.25, 0.3) is 0 Å². The second kappa shape index (κ2) is 3.73. The fraction of sp³-hybridized carbons (Fsp3) is 0.125. The smallest absolute Gasteiger partial charge is 0.152 e. The Kier molecular flexibility index (Phi) is 2.66. The molecule has 0 unspecified atom stereocenters. The van der Waals surface area contributed by atoms with Crippen LogP contribution >= 0.6 is 0 Å². The molecular weight excluding hydrogens is 158 g/mol. The number of hydrogen-bond donors (Lipinski definition) is 1. The van der Waals surface area contributed by atoms with Gasteiger partial charge in [0.2, 0.25) is 0 Å². The first-order valence-electron chi connectivity index (χ1n) is 3.34. The summed E-state index contributed by atoms with van der Waals surface area (Å²) in [5.74, 6) is 0. The van der Waals surface area contributed by atoms with Gasteiger partial charge in [-0.25, -0.2) is 0 Å². The number of aliphatic hydroxyl groups excluding tert-OH is 1. The van der Waals surface area contributed by atoms with Crippen LogP contribution in [0, 0.1) is 4.91 Å². The normalized spacial score (nSPS) is 9.42. The molecule has 0 saturated heterocycles. The quantitative estimate of drug-likeness (QED) is 0.543. The van der Waals surface area contributed by atoms with Crippen molar-refractivity contribution >= 4 is 12.0 Å². The number of benzene rings is 1. The highest BCUT2D eigenvalue weighted by atomic mass is 16.3. The lowest BCUT2D eigenvalue weighted by Crippen LogP contribution is -1.88. The number of rotatable bonds is 3. The second-order valence-electron chi connectivity index (χ2n) is 2.22. The van der Waals surface area contributed by atoms with Crippen molar-refractivity contribution < 1.29 is 9.90 Å². The Hall–Kier alpha value is -1.55. The Morgan fingerprint density at radius 3 is 2.75 bits per heavy atom. The van der Waals surface area contributed by atoms with E-state index >= 15 is 0 Å². The standard InChI is InChI=1S/C8H7NO3/c10-4-6-2-1-3-7(5-11)8(6)9-12/h1-4,11H,5H2. The van der Waals surface area contributed by atoms with Crippen molar-refractivity contribution in [2.45, 2.75) is 6.61 Å². The molecule has 0 heterocycles. The molecule has 1 aromatic rings. The first-order chi connectivity index (χ1) is 5.83. The monoisotopic (exact) mass is 165 g/mol. The van der Waals surface area contributed by atoms with Gasteiger partial charge < -0.3 is 5.11 Å². The van der Waals surface area contributed by atoms with Crippen LogP contribution in [0.25, 0.3) is 0 Å². The van der Waals surface area contributed by atoms with E-state index in [1.165, 1.54) is 6.07 Å². The molecule has 0 aromatic heterocycles. The maximum atomic E-state index is 10.4. The summed E-state index contributed by atoms with van der Waals surface area (Å²) in [6, 6.07) is 4.61. The minimum atomic E-state index is -0.289. The third-order valence-corrected chi connectivity index (χ3v) is 1.54. The molecular formula is C8H7NO3. The van der Waals surface area contributed by atoms with Crippen LogP contribution < -0.4 is 0 Å². The molecule has 0 aliphatic heterocycles. The molecule has 0 radical (unpaired) electrons. The summed E-state index contributed by atoms with van der Waals surface area (Å²) >= 11 is 0. The van der Waals surface area contributed by atoms with E-state index in [-0.39, 0.29) is 17.9 Å². The summed E-state index contributed by atoms with van der Waals surface area (Å²) in [5.41, 5.74) is 0.598. The number of aliphatic hydroxyl groups is 1. The van der Waals surface area contributed by atoms with Gasteiger partial charge in [0.15, 0.2) is 6.29 Å². The van der Waals surface area contributed by atoms with Crippen LogP contribution in [-0.4, -0.2) is 11.4 Å². The highest BCUT2D eigenvalue weighted by Crippen LogP contribution is 2.22. The van der Waals surface area contributed by atoms with Gasteiger partial charge in [-0.3, -0.25) is 4.79 Å². The predicted octanol–water partition coefficient (Wildman–Crippen LogP) is 1.39. The molecule has 0 spiro atoms. The van der Waals surface area contributed by atoms with E-state index in [4.69, 9.17) is 5.11 Å². The highest BCUT2D eigenvalue weighted by Gasteiger charge is 2.06. The van der Waals surface area contributed by atoms with Crippen molar-refractivity contribution in [3.05, 3.63) is 34.2 Å². The van der Waals surface area contributed by atoms with E-state index in [0.717, 1.165) is 0 Å². The Morgan fingerprint density at radius 2 is 2.25 bits per heavy atom. The van der Waals surface area contributed by atoms with Gasteiger partial charge in [0, 0.05) is 11.1 Å². The van der Waals surface area contributed by atoms with E-state index in [0.29, 0.717) is 11.8 Å². The summed E-state index contributed by atoms with van der Waals surface area (Å²) in [7, 11) is 0. The number of nitroso groups, excluding NO2 is 1. The lowest BCUT2D eigenvalue weighted by atomic mass is 10.1. The van der Waals surface area contributed by atoms with Crippen LogP contribution in [0.2, 0.25) is 0 Å². The van der Waals surface area contributed by atoms with Gasteiger partial charge in [-0.1, -0.05) is 12.1 Å². The Morgan fingerprint density at radius 1 is 1.50 bits per heavy atom. The summed E-state index contributed by atoms with van der Waals surface area (Å²) in [5, 5.41) is 11.4. The minimum absolute atomic E-state index is 0.0231. The lowest BCUT2D eigenvalue weighted by Gasteiger charge is -2.00. The summed E-state index contributed by atoms with van der Waals surface area (Å²) < 4.78 is 0. The Labute approximate surface area is 68.8 Å². The maximum Gasteiger partial charge on any atom is 0.152 e. The molecule has 1 N–H and O–H groups in total. The van der Waals surface area contributed by atoms with E-state index in [2.05, 4.69) is 5.18 Å². The molecule has 0 atom stereocenters. The zero-order chi connectivity index (χ0) is 8.97. The largest absolute Gasteiger partial charge is 0.392 e. The van der Waals surface area contributed by atoms with Gasteiger partial charge in [-0.2, -0.15) is 0 Å². The number of carbonyl (C=O) groups excluding carboxylic acids is 1. The first-order valence-corrected chi connectivity index (χ1v) is 3.34. The molecule has 1 rings (SSSR count). The van der Waals surface area contributed by atoms with Crippen LogP contribution in [0.1, 0.15) is 15.9 Å². The molecule has 0 aliphatic carbocycles. The molecule has 0 amide bonds. The van der Waals surface area contributed by atoms with Gasteiger partial charge in [0.1, 0.15) is 5.69 Å². The summed E-state index contributed by atoms with van der Waals surface area (Å²) in [6.07, 6.45) is 0.538. The van der Waals surface area contributed by atoms with Gasteiger partial charge in [0.05, 0.1) is 6.61 Å². The minimum Gasteiger partial charge on any atom is -0.392 e. The van der Waals surface area contributed by atoms with E-state index < -0.39 is 0 Å².